The first-order chi connectivity index (χ1) is 8.10. The van der Waals surface area contributed by atoms with Gasteiger partial charge in [0, 0.05) is 0 Å². The van der Waals surface area contributed by atoms with Crippen molar-refractivity contribution in [3.8, 4) is 0 Å². The molecule has 0 aromatic carbocycles. The third kappa shape index (κ3) is 1.47. The molecule has 3 heteroatoms. The van der Waals surface area contributed by atoms with Crippen LogP contribution >= 0.6 is 0 Å². The smallest absolute Gasteiger partial charge is 0.0975 e. The summed E-state index contributed by atoms with van der Waals surface area (Å²) in [5, 5.41) is 21.1. The lowest BCUT2D eigenvalue weighted by Crippen LogP contribution is -2.59. The number of hydrogen-bond acceptors (Lipinski definition) is 3. The molecule has 5 atom stereocenters. The first-order valence-corrected chi connectivity index (χ1v) is 7.25. The van der Waals surface area contributed by atoms with Crippen molar-refractivity contribution in [1.29, 1.82) is 0 Å². The number of fused-ring (bicyclic) bond motifs is 4. The third-order valence-corrected chi connectivity index (χ3v) is 6.15. The van der Waals surface area contributed by atoms with Crippen LogP contribution in [0.3, 0.4) is 0 Å². The van der Waals surface area contributed by atoms with Gasteiger partial charge in [0.25, 0.3) is 0 Å². The minimum absolute atomic E-state index is 0.149. The molecule has 0 amide bonds. The van der Waals surface area contributed by atoms with Crippen LogP contribution in [0.2, 0.25) is 0 Å². The first kappa shape index (κ1) is 12.9. The van der Waals surface area contributed by atoms with E-state index in [1.54, 1.807) is 0 Å². The van der Waals surface area contributed by atoms with Crippen molar-refractivity contribution >= 4 is 0 Å². The maximum atomic E-state index is 10.6. The molecule has 3 nitrogen and oxygen atoms in total. The van der Waals surface area contributed by atoms with E-state index in [9.17, 15) is 10.2 Å². The molecule has 0 spiro atoms. The Kier molecular flexibility index (Phi) is 2.37. The second kappa shape index (κ2) is 3.31. The zero-order chi connectivity index (χ0) is 13.4. The van der Waals surface area contributed by atoms with Gasteiger partial charge in [-0.1, -0.05) is 0 Å². The zero-order valence-corrected chi connectivity index (χ0v) is 12.0. The second-order valence-corrected chi connectivity index (χ2v) is 7.78. The highest BCUT2D eigenvalue weighted by Gasteiger charge is 2.66. The van der Waals surface area contributed by atoms with Gasteiger partial charge in [-0.05, 0) is 71.6 Å². The zero-order valence-electron chi connectivity index (χ0n) is 12.0. The molecule has 0 aromatic rings. The van der Waals surface area contributed by atoms with Crippen LogP contribution in [0.25, 0.3) is 0 Å². The summed E-state index contributed by atoms with van der Waals surface area (Å²) in [4.78, 5) is 0. The lowest BCUT2D eigenvalue weighted by atomic mass is 9.69. The summed E-state index contributed by atoms with van der Waals surface area (Å²) in [5.41, 5.74) is -2.04. The van der Waals surface area contributed by atoms with Crippen LogP contribution in [0.15, 0.2) is 0 Å². The van der Waals surface area contributed by atoms with Crippen LogP contribution in [-0.4, -0.2) is 32.6 Å². The Morgan fingerprint density at radius 2 is 1.78 bits per heavy atom. The van der Waals surface area contributed by atoms with Crippen molar-refractivity contribution in [2.45, 2.75) is 82.2 Å². The second-order valence-electron chi connectivity index (χ2n) is 7.78. The van der Waals surface area contributed by atoms with Crippen molar-refractivity contribution < 1.29 is 14.9 Å². The molecule has 3 aliphatic rings. The lowest BCUT2D eigenvalue weighted by Gasteiger charge is -2.52. The molecule has 0 radical (unpaired) electrons. The monoisotopic (exact) mass is 254 g/mol. The Morgan fingerprint density at radius 1 is 1.11 bits per heavy atom. The molecule has 104 valence electrons. The fraction of sp³-hybridized carbons (Fsp3) is 1.00. The van der Waals surface area contributed by atoms with Gasteiger partial charge >= 0.3 is 0 Å². The molecule has 3 fully saturated rings. The van der Waals surface area contributed by atoms with Gasteiger partial charge in [-0.2, -0.15) is 0 Å². The highest BCUT2D eigenvalue weighted by molar-refractivity contribution is 5.16. The summed E-state index contributed by atoms with van der Waals surface area (Å²) in [6.45, 7) is 7.84. The van der Waals surface area contributed by atoms with Gasteiger partial charge in [0.1, 0.15) is 0 Å². The van der Waals surface area contributed by atoms with E-state index >= 15 is 0 Å². The van der Waals surface area contributed by atoms with Gasteiger partial charge in [0.2, 0.25) is 0 Å². The Bertz CT molecular complexity index is 370. The fourth-order valence-electron chi connectivity index (χ4n) is 4.80. The van der Waals surface area contributed by atoms with E-state index in [1.165, 1.54) is 0 Å². The van der Waals surface area contributed by atoms with Gasteiger partial charge in [-0.3, -0.25) is 0 Å². The highest BCUT2D eigenvalue weighted by atomic mass is 16.5. The van der Waals surface area contributed by atoms with Crippen LogP contribution in [0, 0.1) is 11.8 Å². The Morgan fingerprint density at radius 3 is 2.39 bits per heavy atom. The summed E-state index contributed by atoms with van der Waals surface area (Å²) < 4.78 is 6.38. The van der Waals surface area contributed by atoms with Crippen molar-refractivity contribution in [3.63, 3.8) is 0 Å². The molecule has 2 aliphatic heterocycles. The number of hydrogen-bond donors (Lipinski definition) is 2. The molecule has 3 rings (SSSR count). The first-order valence-electron chi connectivity index (χ1n) is 7.25. The minimum atomic E-state index is -0.839. The van der Waals surface area contributed by atoms with Crippen molar-refractivity contribution in [2.24, 2.45) is 11.8 Å². The van der Waals surface area contributed by atoms with Crippen LogP contribution < -0.4 is 0 Å². The molecular weight excluding hydrogens is 228 g/mol. The maximum absolute atomic E-state index is 10.6. The Labute approximate surface area is 110 Å². The normalized spacial score (nSPS) is 55.7. The summed E-state index contributed by atoms with van der Waals surface area (Å²) in [5.74, 6) is 0.718. The van der Waals surface area contributed by atoms with Gasteiger partial charge in [0.15, 0.2) is 0 Å². The largest absolute Gasteiger partial charge is 0.390 e. The summed E-state index contributed by atoms with van der Waals surface area (Å²) in [6, 6.07) is 0. The average molecular weight is 254 g/mol. The molecule has 0 unspecified atom stereocenters. The van der Waals surface area contributed by atoms with E-state index in [0.717, 1.165) is 32.1 Å². The van der Waals surface area contributed by atoms with Gasteiger partial charge in [-0.25, -0.2) is 0 Å². The van der Waals surface area contributed by atoms with Crippen molar-refractivity contribution in [3.05, 3.63) is 0 Å². The van der Waals surface area contributed by atoms with E-state index in [4.69, 9.17) is 4.74 Å². The van der Waals surface area contributed by atoms with Crippen LogP contribution in [0.4, 0.5) is 0 Å². The highest BCUT2D eigenvalue weighted by Crippen LogP contribution is 2.63. The van der Waals surface area contributed by atoms with Gasteiger partial charge in [-0.15, -0.1) is 0 Å². The number of ether oxygens (including phenoxy) is 1. The summed E-state index contributed by atoms with van der Waals surface area (Å²) >= 11 is 0. The standard InChI is InChI=1S/C15H26O3/c1-12(2,16)15-8-7-14(4,18-15)10-5-6-13(3,17)11(10)9-15/h10-11,16-17H,5-9H2,1-4H3/t10-,11-,13+,14+,15-/m0/s1. The predicted molar refractivity (Wildman–Crippen MR) is 69.2 cm³/mol. The average Bonchev–Trinajstić information content (AvgIpc) is 2.66. The van der Waals surface area contributed by atoms with Crippen molar-refractivity contribution in [2.75, 3.05) is 0 Å². The topological polar surface area (TPSA) is 49.7 Å². The molecule has 2 N–H and O–H groups in total. The van der Waals surface area contributed by atoms with E-state index in [0.29, 0.717) is 5.92 Å². The molecule has 18 heavy (non-hydrogen) atoms. The Balaban J connectivity index is 2.01. The van der Waals surface area contributed by atoms with E-state index in [1.807, 2.05) is 20.8 Å². The van der Waals surface area contributed by atoms with E-state index in [-0.39, 0.29) is 11.5 Å². The summed E-state index contributed by atoms with van der Waals surface area (Å²) in [6.07, 6.45) is 4.63. The molecule has 2 bridgehead atoms. The predicted octanol–water partition coefficient (Wildman–Crippen LogP) is 2.25. The molecule has 2 heterocycles. The quantitative estimate of drug-likeness (QED) is 0.754. The van der Waals surface area contributed by atoms with E-state index in [2.05, 4.69) is 6.92 Å². The molecular formula is C15H26O3. The SMILES string of the molecule is CC(C)(O)[C@@]12CC[C@@](C)(O1)[C@H]1CC[C@@](C)(O)[C@H]1C2. The van der Waals surface area contributed by atoms with Crippen LogP contribution in [-0.2, 0) is 4.74 Å². The van der Waals surface area contributed by atoms with E-state index < -0.39 is 16.8 Å². The fourth-order valence-corrected chi connectivity index (χ4v) is 4.80. The van der Waals surface area contributed by atoms with Gasteiger partial charge < -0.3 is 14.9 Å². The molecule has 2 saturated heterocycles. The van der Waals surface area contributed by atoms with Crippen LogP contribution in [0.1, 0.15) is 59.8 Å². The van der Waals surface area contributed by atoms with Crippen LogP contribution in [0.5, 0.6) is 0 Å². The molecule has 1 aliphatic carbocycles. The minimum Gasteiger partial charge on any atom is -0.390 e. The molecule has 1 saturated carbocycles. The van der Waals surface area contributed by atoms with Gasteiger partial charge in [0.05, 0.1) is 22.4 Å². The maximum Gasteiger partial charge on any atom is 0.0975 e. The number of aliphatic hydroxyl groups is 2. The van der Waals surface area contributed by atoms with Crippen molar-refractivity contribution in [1.82, 2.24) is 0 Å². The molecule has 0 aromatic heterocycles. The summed E-state index contributed by atoms with van der Waals surface area (Å²) in [7, 11) is 0. The number of rotatable bonds is 1. The third-order valence-electron chi connectivity index (χ3n) is 6.15. The lowest BCUT2D eigenvalue weighted by molar-refractivity contribution is -0.249. The Hall–Kier alpha value is -0.120.